The third kappa shape index (κ3) is 1.33. The predicted octanol–water partition coefficient (Wildman–Crippen LogP) is 1.51. The highest BCUT2D eigenvalue weighted by Gasteiger charge is 2.35. The zero-order valence-electron chi connectivity index (χ0n) is 8.68. The quantitative estimate of drug-likeness (QED) is 0.656. The van der Waals surface area contributed by atoms with Crippen molar-refractivity contribution in [1.29, 1.82) is 0 Å². The molecule has 82 valence electrons. The summed E-state index contributed by atoms with van der Waals surface area (Å²) in [7, 11) is 0. The monoisotopic (exact) mass is 216 g/mol. The summed E-state index contributed by atoms with van der Waals surface area (Å²) in [4.78, 5) is 0. The molecule has 1 aliphatic heterocycles. The lowest BCUT2D eigenvalue weighted by atomic mass is 9.94. The van der Waals surface area contributed by atoms with E-state index < -0.39 is 5.97 Å². The van der Waals surface area contributed by atoms with E-state index in [1.165, 1.54) is 0 Å². The Bertz CT molecular complexity index is 546. The van der Waals surface area contributed by atoms with E-state index in [0.29, 0.717) is 18.6 Å². The molecule has 3 heteroatoms. The van der Waals surface area contributed by atoms with Crippen LogP contribution in [-0.2, 0) is 17.1 Å². The molecule has 0 bridgehead atoms. The van der Waals surface area contributed by atoms with Crippen LogP contribution in [0.3, 0.4) is 0 Å². The van der Waals surface area contributed by atoms with Crippen molar-refractivity contribution in [2.24, 2.45) is 0 Å². The van der Waals surface area contributed by atoms with Gasteiger partial charge in [-0.3, -0.25) is 0 Å². The van der Waals surface area contributed by atoms with Gasteiger partial charge < -0.3 is 14.9 Å². The molecule has 0 amide bonds. The molecule has 0 atom stereocenters. The van der Waals surface area contributed by atoms with Crippen molar-refractivity contribution in [3.63, 3.8) is 0 Å². The van der Waals surface area contributed by atoms with Crippen LogP contribution in [0.4, 0.5) is 0 Å². The van der Waals surface area contributed by atoms with Crippen LogP contribution in [0.5, 0.6) is 0 Å². The van der Waals surface area contributed by atoms with E-state index in [0.717, 1.165) is 16.3 Å². The normalized spacial score (nSPS) is 18.4. The highest BCUT2D eigenvalue weighted by molar-refractivity contribution is 5.87. The topological polar surface area (TPSA) is 49.7 Å². The Morgan fingerprint density at radius 1 is 1.06 bits per heavy atom. The molecule has 1 heterocycles. The highest BCUT2D eigenvalue weighted by Crippen LogP contribution is 2.34. The van der Waals surface area contributed by atoms with Gasteiger partial charge in [0.1, 0.15) is 0 Å². The van der Waals surface area contributed by atoms with Gasteiger partial charge in [0.15, 0.2) is 0 Å². The second-order valence-corrected chi connectivity index (χ2v) is 4.03. The fourth-order valence-corrected chi connectivity index (χ4v) is 2.29. The average Bonchev–Trinajstić information content (AvgIpc) is 2.28. The van der Waals surface area contributed by atoms with Crippen molar-refractivity contribution >= 4 is 10.8 Å². The number of benzene rings is 2. The Morgan fingerprint density at radius 3 is 2.75 bits per heavy atom. The first-order chi connectivity index (χ1) is 7.68. The van der Waals surface area contributed by atoms with E-state index in [2.05, 4.69) is 0 Å². The van der Waals surface area contributed by atoms with E-state index in [4.69, 9.17) is 4.74 Å². The van der Waals surface area contributed by atoms with Crippen LogP contribution in [0, 0.1) is 0 Å². The molecule has 0 radical (unpaired) electrons. The number of hydrogen-bond donors (Lipinski definition) is 2. The largest absolute Gasteiger partial charge is 0.340 e. The van der Waals surface area contributed by atoms with E-state index in [9.17, 15) is 10.2 Å². The van der Waals surface area contributed by atoms with Gasteiger partial charge in [-0.05, 0) is 22.8 Å². The Kier molecular flexibility index (Phi) is 2.01. The summed E-state index contributed by atoms with van der Waals surface area (Å²) in [5, 5.41) is 21.5. The van der Waals surface area contributed by atoms with Crippen molar-refractivity contribution in [3.05, 3.63) is 47.5 Å². The minimum absolute atomic E-state index is 0.332. The number of fused-ring (bicyclic) bond motifs is 3. The van der Waals surface area contributed by atoms with Crippen molar-refractivity contribution in [1.82, 2.24) is 0 Å². The molecule has 0 aliphatic carbocycles. The number of rotatable bonds is 0. The summed E-state index contributed by atoms with van der Waals surface area (Å²) in [5.41, 5.74) is 1.42. The zero-order chi connectivity index (χ0) is 11.2. The van der Waals surface area contributed by atoms with Crippen LogP contribution in [-0.4, -0.2) is 16.8 Å². The van der Waals surface area contributed by atoms with Gasteiger partial charge in [-0.25, -0.2) is 0 Å². The SMILES string of the molecule is OC1(O)OCCc2ccc3ccccc3c21. The Morgan fingerprint density at radius 2 is 1.88 bits per heavy atom. The van der Waals surface area contributed by atoms with E-state index in [1.807, 2.05) is 36.4 Å². The molecule has 0 saturated heterocycles. The molecule has 2 aromatic carbocycles. The van der Waals surface area contributed by atoms with Gasteiger partial charge in [0.25, 0.3) is 0 Å². The maximum Gasteiger partial charge on any atom is 0.307 e. The van der Waals surface area contributed by atoms with Crippen LogP contribution in [0.15, 0.2) is 36.4 Å². The molecule has 0 fully saturated rings. The molecule has 3 rings (SSSR count). The molecule has 0 unspecified atom stereocenters. The first-order valence-corrected chi connectivity index (χ1v) is 5.28. The zero-order valence-corrected chi connectivity index (χ0v) is 8.68. The maximum atomic E-state index is 9.86. The molecule has 2 N–H and O–H groups in total. The van der Waals surface area contributed by atoms with E-state index in [1.54, 1.807) is 0 Å². The van der Waals surface area contributed by atoms with Gasteiger partial charge in [-0.15, -0.1) is 0 Å². The predicted molar refractivity (Wildman–Crippen MR) is 59.7 cm³/mol. The molecule has 3 nitrogen and oxygen atoms in total. The Hall–Kier alpha value is -1.42. The van der Waals surface area contributed by atoms with Gasteiger partial charge in [-0.1, -0.05) is 36.4 Å². The van der Waals surface area contributed by atoms with Gasteiger partial charge in [0.2, 0.25) is 0 Å². The smallest absolute Gasteiger partial charge is 0.307 e. The van der Waals surface area contributed by atoms with E-state index >= 15 is 0 Å². The van der Waals surface area contributed by atoms with Crippen LogP contribution < -0.4 is 0 Å². The van der Waals surface area contributed by atoms with Crippen molar-refractivity contribution in [2.75, 3.05) is 6.61 Å². The van der Waals surface area contributed by atoms with Crippen molar-refractivity contribution in [2.45, 2.75) is 12.4 Å². The number of ether oxygens (including phenoxy) is 1. The number of hydrogen-bond acceptors (Lipinski definition) is 3. The lowest BCUT2D eigenvalue weighted by Crippen LogP contribution is -2.35. The molecule has 0 aromatic heterocycles. The first-order valence-electron chi connectivity index (χ1n) is 5.28. The lowest BCUT2D eigenvalue weighted by molar-refractivity contribution is -0.354. The van der Waals surface area contributed by atoms with Gasteiger partial charge in [-0.2, -0.15) is 0 Å². The highest BCUT2D eigenvalue weighted by atomic mass is 16.8. The summed E-state index contributed by atoms with van der Waals surface area (Å²) >= 11 is 0. The summed E-state index contributed by atoms with van der Waals surface area (Å²) in [5.74, 6) is -2.16. The Balaban J connectivity index is 2.39. The molecule has 16 heavy (non-hydrogen) atoms. The summed E-state index contributed by atoms with van der Waals surface area (Å²) in [6.45, 7) is 0.332. The maximum absolute atomic E-state index is 9.86. The lowest BCUT2D eigenvalue weighted by Gasteiger charge is -2.30. The van der Waals surface area contributed by atoms with Crippen LogP contribution in [0.1, 0.15) is 11.1 Å². The minimum Gasteiger partial charge on any atom is -0.340 e. The van der Waals surface area contributed by atoms with Gasteiger partial charge >= 0.3 is 5.97 Å². The third-order valence-electron chi connectivity index (χ3n) is 3.02. The first kappa shape index (κ1) is 9.78. The molecule has 0 spiro atoms. The minimum atomic E-state index is -2.16. The average molecular weight is 216 g/mol. The fraction of sp³-hybridized carbons (Fsp3) is 0.231. The number of aliphatic hydroxyl groups is 2. The molecule has 0 saturated carbocycles. The van der Waals surface area contributed by atoms with Gasteiger partial charge in [0.05, 0.1) is 12.2 Å². The summed E-state index contributed by atoms with van der Waals surface area (Å²) in [6, 6.07) is 11.6. The van der Waals surface area contributed by atoms with Crippen molar-refractivity contribution < 1.29 is 14.9 Å². The summed E-state index contributed by atoms with van der Waals surface area (Å²) in [6.07, 6.45) is 0.711. The summed E-state index contributed by atoms with van der Waals surface area (Å²) < 4.78 is 5.01. The fourth-order valence-electron chi connectivity index (χ4n) is 2.29. The second kappa shape index (κ2) is 3.28. The Labute approximate surface area is 92.9 Å². The van der Waals surface area contributed by atoms with Crippen molar-refractivity contribution in [3.8, 4) is 0 Å². The van der Waals surface area contributed by atoms with Crippen LogP contribution in [0.2, 0.25) is 0 Å². The van der Waals surface area contributed by atoms with Crippen LogP contribution >= 0.6 is 0 Å². The van der Waals surface area contributed by atoms with Crippen LogP contribution in [0.25, 0.3) is 10.8 Å². The molecule has 1 aliphatic rings. The molecule has 2 aromatic rings. The van der Waals surface area contributed by atoms with Gasteiger partial charge in [0, 0.05) is 0 Å². The molecular weight excluding hydrogens is 204 g/mol. The standard InChI is InChI=1S/C13H12O3/c14-13(15)12-10(7-8-16-13)6-5-9-3-1-2-4-11(9)12/h1-6,14-15H,7-8H2. The third-order valence-corrected chi connectivity index (χ3v) is 3.02. The second-order valence-electron chi connectivity index (χ2n) is 4.03. The van der Waals surface area contributed by atoms with E-state index in [-0.39, 0.29) is 0 Å². The molecular formula is C13H12O3.